The highest BCUT2D eigenvalue weighted by molar-refractivity contribution is 5.16. The van der Waals surface area contributed by atoms with Gasteiger partial charge in [0.1, 0.15) is 60.9 Å². The molecule has 0 saturated carbocycles. The maximum Gasteiger partial charge on any atom is 0.188 e. The molecule has 1 aliphatic carbocycles. The lowest BCUT2D eigenvalue weighted by molar-refractivity contribution is -0.318. The van der Waals surface area contributed by atoms with Crippen molar-refractivity contribution in [1.29, 1.82) is 0 Å². The molecule has 0 aromatic carbocycles. The second-order valence-corrected chi connectivity index (χ2v) is 8.49. The van der Waals surface area contributed by atoms with Crippen LogP contribution in [0.5, 0.6) is 0 Å². The molecule has 2 fully saturated rings. The van der Waals surface area contributed by atoms with Crippen molar-refractivity contribution < 1.29 is 64.9 Å². The average molecular weight is 498 g/mol. The molecule has 34 heavy (non-hydrogen) atoms. The minimum atomic E-state index is -1.73. The Balaban J connectivity index is 1.75. The third kappa shape index (κ3) is 5.46. The Bertz CT molecular complexity index is 697. The van der Waals surface area contributed by atoms with Gasteiger partial charge in [-0.05, 0) is 6.42 Å². The topological polar surface area (TPSA) is 257 Å². The van der Waals surface area contributed by atoms with E-state index in [1.807, 2.05) is 0 Å². The lowest BCUT2D eigenvalue weighted by Gasteiger charge is -2.40. The predicted octanol–water partition coefficient (Wildman–Crippen LogP) is -5.72. The van der Waals surface area contributed by atoms with Gasteiger partial charge in [0.2, 0.25) is 0 Å². The van der Waals surface area contributed by atoms with Crippen molar-refractivity contribution in [2.75, 3.05) is 26.4 Å². The summed E-state index contributed by atoms with van der Waals surface area (Å²) in [6, 6.07) is 0. The van der Waals surface area contributed by atoms with Crippen molar-refractivity contribution in [3.05, 3.63) is 11.5 Å². The van der Waals surface area contributed by atoms with Gasteiger partial charge in [0.05, 0.1) is 25.9 Å². The van der Waals surface area contributed by atoms with Crippen LogP contribution < -0.4 is 11.1 Å². The fraction of sp³-hybridized carbons (Fsp3) is 0.895. The quantitative estimate of drug-likeness (QED) is 0.141. The molecule has 0 aromatic rings. The van der Waals surface area contributed by atoms with Gasteiger partial charge in [-0.3, -0.25) is 5.32 Å². The molecule has 0 unspecified atom stereocenters. The fourth-order valence-electron chi connectivity index (χ4n) is 4.27. The molecule has 12 atom stereocenters. The van der Waals surface area contributed by atoms with E-state index in [4.69, 9.17) is 29.8 Å². The number of rotatable bonds is 9. The molecule has 15 nitrogen and oxygen atoms in total. The second-order valence-electron chi connectivity index (χ2n) is 8.49. The molecule has 3 rings (SSSR count). The van der Waals surface area contributed by atoms with Gasteiger partial charge >= 0.3 is 0 Å². The minimum absolute atomic E-state index is 0.00252. The molecule has 3 aliphatic rings. The zero-order valence-electron chi connectivity index (χ0n) is 18.2. The van der Waals surface area contributed by atoms with Gasteiger partial charge in [-0.2, -0.15) is 0 Å². The van der Waals surface area contributed by atoms with Crippen molar-refractivity contribution in [2.45, 2.75) is 74.0 Å². The monoisotopic (exact) mass is 498 g/mol. The second kappa shape index (κ2) is 11.7. The first-order valence-corrected chi connectivity index (χ1v) is 10.9. The number of aliphatic hydroxyl groups is 9. The molecule has 0 aromatic heterocycles. The molecule has 15 heteroatoms. The summed E-state index contributed by atoms with van der Waals surface area (Å²) in [5.74, 6) is -1.20. The third-order valence-corrected chi connectivity index (χ3v) is 6.21. The van der Waals surface area contributed by atoms with Crippen LogP contribution in [0.2, 0.25) is 0 Å². The highest BCUT2D eigenvalue weighted by atomic mass is 16.7. The Morgan fingerprint density at radius 1 is 0.882 bits per heavy atom. The summed E-state index contributed by atoms with van der Waals surface area (Å²) in [4.78, 5) is 0. The van der Waals surface area contributed by atoms with Crippen molar-refractivity contribution in [3.63, 3.8) is 0 Å². The number of nitrogens with one attached hydrogen (secondary N) is 1. The molecule has 2 saturated heterocycles. The highest BCUT2D eigenvalue weighted by Crippen LogP contribution is 2.32. The van der Waals surface area contributed by atoms with Gasteiger partial charge < -0.3 is 70.6 Å². The molecule has 12 N–H and O–H groups in total. The molecule has 2 aliphatic heterocycles. The number of hydrogen-bond acceptors (Lipinski definition) is 15. The SMILES string of the molecule is NC1=C(O)[C@@H](O)[C@@H](O[C@H]2N[C@@H](O[C@H]3O[C@H](CO)[C@@H](O)[C@H](O)[C@H]3O)[C@@H](O)[C@H]2OCCO)[C@@H](CO)C1. The van der Waals surface area contributed by atoms with Crippen LogP contribution in [0.25, 0.3) is 0 Å². The summed E-state index contributed by atoms with van der Waals surface area (Å²) in [5, 5.41) is 92.2. The van der Waals surface area contributed by atoms with Crippen LogP contribution in [0.3, 0.4) is 0 Å². The standard InChI is InChI=1S/C19H34N2O13/c20-7-3-6(4-23)15(12(28)9(7)25)33-18-16(31-2-1-22)14(30)17(21-18)34-19-13(29)11(27)10(26)8(5-24)32-19/h6,8,10-19,21-30H,1-5,20H2/t6-,8-,10-,11+,12-,13-,14+,15+,16-,17+,18-,19-/m1/s1. The summed E-state index contributed by atoms with van der Waals surface area (Å²) < 4.78 is 22.1. The molecule has 0 amide bonds. The normalized spacial score (nSPS) is 45.6. The Morgan fingerprint density at radius 3 is 2.21 bits per heavy atom. The van der Waals surface area contributed by atoms with Gasteiger partial charge in [0, 0.05) is 18.2 Å². The molecule has 0 spiro atoms. The number of aliphatic hydroxyl groups excluding tert-OH is 9. The maximum atomic E-state index is 10.8. The maximum absolute atomic E-state index is 10.8. The molecule has 198 valence electrons. The van der Waals surface area contributed by atoms with Crippen LogP contribution in [-0.4, -0.2) is 140 Å². The summed E-state index contributed by atoms with van der Waals surface area (Å²) >= 11 is 0. The number of allylic oxidation sites excluding steroid dienone is 1. The largest absolute Gasteiger partial charge is 0.508 e. The zero-order valence-corrected chi connectivity index (χ0v) is 18.2. The highest BCUT2D eigenvalue weighted by Gasteiger charge is 2.51. The molecular weight excluding hydrogens is 464 g/mol. The summed E-state index contributed by atoms with van der Waals surface area (Å²) in [7, 11) is 0. The lowest BCUT2D eigenvalue weighted by Crippen LogP contribution is -2.60. The van der Waals surface area contributed by atoms with E-state index in [9.17, 15) is 40.9 Å². The van der Waals surface area contributed by atoms with E-state index in [2.05, 4.69) is 5.32 Å². The molecule has 0 bridgehead atoms. The van der Waals surface area contributed by atoms with Crippen molar-refractivity contribution in [1.82, 2.24) is 5.32 Å². The van der Waals surface area contributed by atoms with E-state index in [0.717, 1.165) is 0 Å². The summed E-state index contributed by atoms with van der Waals surface area (Å²) in [6.07, 6.45) is -15.7. The number of nitrogens with two attached hydrogens (primary N) is 1. The average Bonchev–Trinajstić information content (AvgIpc) is 3.11. The minimum Gasteiger partial charge on any atom is -0.508 e. The van der Waals surface area contributed by atoms with Crippen LogP contribution in [0.1, 0.15) is 6.42 Å². The Hall–Kier alpha value is -1.18. The van der Waals surface area contributed by atoms with E-state index in [1.165, 1.54) is 0 Å². The molecular formula is C19H34N2O13. The van der Waals surface area contributed by atoms with Gasteiger partial charge in [0.25, 0.3) is 0 Å². The van der Waals surface area contributed by atoms with Crippen molar-refractivity contribution >= 4 is 0 Å². The Labute approximate surface area is 194 Å². The van der Waals surface area contributed by atoms with Gasteiger partial charge in [0.15, 0.2) is 6.29 Å². The van der Waals surface area contributed by atoms with E-state index < -0.39 is 92.5 Å². The van der Waals surface area contributed by atoms with Crippen LogP contribution in [-0.2, 0) is 18.9 Å². The summed E-state index contributed by atoms with van der Waals surface area (Å²) in [5.41, 5.74) is 5.69. The van der Waals surface area contributed by atoms with Gasteiger partial charge in [-0.15, -0.1) is 0 Å². The first kappa shape index (κ1) is 27.4. The third-order valence-electron chi connectivity index (χ3n) is 6.21. The smallest absolute Gasteiger partial charge is 0.188 e. The molecule has 0 radical (unpaired) electrons. The Morgan fingerprint density at radius 2 is 1.59 bits per heavy atom. The van der Waals surface area contributed by atoms with E-state index >= 15 is 0 Å². The van der Waals surface area contributed by atoms with E-state index in [1.54, 1.807) is 0 Å². The molecule has 2 heterocycles. The first-order chi connectivity index (χ1) is 16.1. The van der Waals surface area contributed by atoms with Gasteiger partial charge in [-0.1, -0.05) is 0 Å². The van der Waals surface area contributed by atoms with Crippen LogP contribution >= 0.6 is 0 Å². The fourth-order valence-corrected chi connectivity index (χ4v) is 4.27. The number of ether oxygens (including phenoxy) is 4. The van der Waals surface area contributed by atoms with E-state index in [0.29, 0.717) is 0 Å². The van der Waals surface area contributed by atoms with E-state index in [-0.39, 0.29) is 25.3 Å². The Kier molecular flexibility index (Phi) is 9.43. The van der Waals surface area contributed by atoms with Crippen LogP contribution in [0, 0.1) is 5.92 Å². The lowest BCUT2D eigenvalue weighted by atomic mass is 9.86. The summed E-state index contributed by atoms with van der Waals surface area (Å²) in [6.45, 7) is -1.70. The van der Waals surface area contributed by atoms with Crippen LogP contribution in [0.15, 0.2) is 11.5 Å². The van der Waals surface area contributed by atoms with Crippen molar-refractivity contribution in [3.8, 4) is 0 Å². The predicted molar refractivity (Wildman–Crippen MR) is 108 cm³/mol. The zero-order chi connectivity index (χ0) is 25.2. The first-order valence-electron chi connectivity index (χ1n) is 10.9. The number of hydrogen-bond donors (Lipinski definition) is 11. The van der Waals surface area contributed by atoms with Crippen LogP contribution in [0.4, 0.5) is 0 Å². The van der Waals surface area contributed by atoms with Crippen molar-refractivity contribution in [2.24, 2.45) is 11.7 Å². The van der Waals surface area contributed by atoms with Gasteiger partial charge in [-0.25, -0.2) is 0 Å².